The number of rotatable bonds is 4. The molecule has 3 nitrogen and oxygen atoms in total. The molecule has 0 aliphatic carbocycles. The second-order valence-corrected chi connectivity index (χ2v) is 5.02. The molecule has 4 heteroatoms. The normalized spacial score (nSPS) is 12.3. The van der Waals surface area contributed by atoms with Crippen molar-refractivity contribution in [2.24, 2.45) is 0 Å². The quantitative estimate of drug-likeness (QED) is 0.878. The molecule has 1 heterocycles. The van der Waals surface area contributed by atoms with Crippen LogP contribution in [0.2, 0.25) is 5.02 Å². The second-order valence-electron chi connectivity index (χ2n) is 4.62. The largest absolute Gasteiger partial charge is 0.495 e. The molecular formula is C15H18ClNO2. The van der Waals surface area contributed by atoms with Crippen LogP contribution in [0.25, 0.3) is 0 Å². The van der Waals surface area contributed by atoms with Gasteiger partial charge in [-0.2, -0.15) is 0 Å². The minimum absolute atomic E-state index is 0.0585. The summed E-state index contributed by atoms with van der Waals surface area (Å²) in [6.07, 6.45) is 0. The van der Waals surface area contributed by atoms with Crippen molar-refractivity contribution in [2.75, 3.05) is 12.4 Å². The predicted octanol–water partition coefficient (Wildman–Crippen LogP) is 4.73. The first kappa shape index (κ1) is 13.8. The lowest BCUT2D eigenvalue weighted by molar-refractivity contribution is 0.415. The predicted molar refractivity (Wildman–Crippen MR) is 78.2 cm³/mol. The fourth-order valence-corrected chi connectivity index (χ4v) is 2.09. The maximum atomic E-state index is 6.10. The molecule has 2 aromatic rings. The van der Waals surface area contributed by atoms with Gasteiger partial charge < -0.3 is 14.5 Å². The van der Waals surface area contributed by atoms with Gasteiger partial charge in [0.05, 0.1) is 18.8 Å². The topological polar surface area (TPSA) is 34.4 Å². The van der Waals surface area contributed by atoms with Crippen LogP contribution >= 0.6 is 11.6 Å². The number of halogens is 1. The molecule has 0 aliphatic rings. The lowest BCUT2D eigenvalue weighted by atomic mass is 10.1. The van der Waals surface area contributed by atoms with Crippen molar-refractivity contribution in [3.8, 4) is 5.75 Å². The Kier molecular flexibility index (Phi) is 4.05. The first-order valence-electron chi connectivity index (χ1n) is 6.18. The van der Waals surface area contributed by atoms with Crippen LogP contribution in [-0.2, 0) is 0 Å². The summed E-state index contributed by atoms with van der Waals surface area (Å²) in [7, 11) is 1.63. The van der Waals surface area contributed by atoms with Crippen LogP contribution in [0.5, 0.6) is 5.75 Å². The van der Waals surface area contributed by atoms with Crippen LogP contribution in [0.3, 0.4) is 0 Å². The van der Waals surface area contributed by atoms with Crippen LogP contribution in [0.4, 0.5) is 5.69 Å². The van der Waals surface area contributed by atoms with Gasteiger partial charge in [-0.15, -0.1) is 0 Å². The zero-order valence-corrected chi connectivity index (χ0v) is 12.3. The molecule has 1 unspecified atom stereocenters. The van der Waals surface area contributed by atoms with Gasteiger partial charge in [-0.3, -0.25) is 0 Å². The highest BCUT2D eigenvalue weighted by atomic mass is 35.5. The van der Waals surface area contributed by atoms with E-state index in [0.717, 1.165) is 28.5 Å². The van der Waals surface area contributed by atoms with Crippen molar-refractivity contribution >= 4 is 17.3 Å². The van der Waals surface area contributed by atoms with Crippen molar-refractivity contribution in [3.63, 3.8) is 0 Å². The van der Waals surface area contributed by atoms with Crippen LogP contribution in [0.1, 0.15) is 30.0 Å². The Morgan fingerprint density at radius 2 is 2.00 bits per heavy atom. The fourth-order valence-electron chi connectivity index (χ4n) is 1.94. The van der Waals surface area contributed by atoms with Gasteiger partial charge in [0.2, 0.25) is 0 Å². The number of hydrogen-bond donors (Lipinski definition) is 1. The minimum Gasteiger partial charge on any atom is -0.495 e. The Hall–Kier alpha value is -1.61. The Labute approximate surface area is 118 Å². The number of anilines is 1. The fraction of sp³-hybridized carbons (Fsp3) is 0.333. The van der Waals surface area contributed by atoms with E-state index in [1.165, 1.54) is 0 Å². The lowest BCUT2D eigenvalue weighted by Gasteiger charge is -2.17. The molecule has 0 spiro atoms. The summed E-state index contributed by atoms with van der Waals surface area (Å²) in [5, 5.41) is 4.08. The summed E-state index contributed by atoms with van der Waals surface area (Å²) in [6.45, 7) is 5.94. The van der Waals surface area contributed by atoms with Crippen molar-refractivity contribution in [1.29, 1.82) is 0 Å². The highest BCUT2D eigenvalue weighted by Crippen LogP contribution is 2.33. The maximum absolute atomic E-state index is 6.10. The summed E-state index contributed by atoms with van der Waals surface area (Å²) < 4.78 is 11.0. The molecular weight excluding hydrogens is 262 g/mol. The first-order valence-corrected chi connectivity index (χ1v) is 6.56. The van der Waals surface area contributed by atoms with Gasteiger partial charge in [-0.25, -0.2) is 0 Å². The molecule has 1 N–H and O–H groups in total. The maximum Gasteiger partial charge on any atom is 0.143 e. The molecule has 0 amide bonds. The molecule has 0 saturated carbocycles. The van der Waals surface area contributed by atoms with E-state index in [9.17, 15) is 0 Å². The van der Waals surface area contributed by atoms with Gasteiger partial charge in [0, 0.05) is 11.1 Å². The molecule has 0 aliphatic heterocycles. The summed E-state index contributed by atoms with van der Waals surface area (Å²) in [4.78, 5) is 0. The van der Waals surface area contributed by atoms with E-state index < -0.39 is 0 Å². The highest BCUT2D eigenvalue weighted by Gasteiger charge is 2.13. The second kappa shape index (κ2) is 5.57. The van der Waals surface area contributed by atoms with Gasteiger partial charge in [0.1, 0.15) is 17.3 Å². The Morgan fingerprint density at radius 3 is 2.58 bits per heavy atom. The van der Waals surface area contributed by atoms with Crippen LogP contribution in [0.15, 0.2) is 28.7 Å². The van der Waals surface area contributed by atoms with E-state index in [1.807, 2.05) is 45.0 Å². The van der Waals surface area contributed by atoms with Crippen molar-refractivity contribution in [3.05, 3.63) is 46.4 Å². The van der Waals surface area contributed by atoms with Gasteiger partial charge in [0.25, 0.3) is 0 Å². The number of benzene rings is 1. The number of furan rings is 1. The monoisotopic (exact) mass is 279 g/mol. The van der Waals surface area contributed by atoms with Gasteiger partial charge >= 0.3 is 0 Å². The number of aryl methyl sites for hydroxylation is 2. The zero-order chi connectivity index (χ0) is 14.0. The third-order valence-corrected chi connectivity index (χ3v) is 3.45. The average Bonchev–Trinajstić information content (AvgIpc) is 2.80. The summed E-state index contributed by atoms with van der Waals surface area (Å²) in [5.41, 5.74) is 1.92. The van der Waals surface area contributed by atoms with E-state index in [2.05, 4.69) is 5.32 Å². The van der Waals surface area contributed by atoms with Gasteiger partial charge in [-0.05, 0) is 44.5 Å². The first-order chi connectivity index (χ1) is 9.01. The van der Waals surface area contributed by atoms with E-state index in [0.29, 0.717) is 5.02 Å². The lowest BCUT2D eigenvalue weighted by Crippen LogP contribution is -2.07. The molecule has 2 rings (SSSR count). The summed E-state index contributed by atoms with van der Waals surface area (Å²) in [5.74, 6) is 2.53. The van der Waals surface area contributed by atoms with Crippen molar-refractivity contribution in [2.45, 2.75) is 26.8 Å². The molecule has 0 radical (unpaired) electrons. The van der Waals surface area contributed by atoms with E-state index in [4.69, 9.17) is 20.8 Å². The summed E-state index contributed by atoms with van der Waals surface area (Å²) >= 11 is 6.10. The Balaban J connectivity index is 2.25. The molecule has 19 heavy (non-hydrogen) atoms. The molecule has 1 aromatic heterocycles. The standard InChI is InChI=1S/C15H18ClNO2/c1-9-7-13(15(18-4)8-12(9)16)17-11(3)14-6-5-10(2)19-14/h5-8,11,17H,1-4H3. The molecule has 1 atom stereocenters. The third kappa shape index (κ3) is 3.04. The SMILES string of the molecule is COc1cc(Cl)c(C)cc1NC(C)c1ccc(C)o1. The van der Waals surface area contributed by atoms with Crippen LogP contribution < -0.4 is 10.1 Å². The molecule has 0 saturated heterocycles. The number of hydrogen-bond acceptors (Lipinski definition) is 3. The smallest absolute Gasteiger partial charge is 0.143 e. The summed E-state index contributed by atoms with van der Waals surface area (Å²) in [6, 6.07) is 7.79. The zero-order valence-electron chi connectivity index (χ0n) is 11.6. The molecule has 1 aromatic carbocycles. The third-order valence-electron chi connectivity index (χ3n) is 3.04. The van der Waals surface area contributed by atoms with E-state index >= 15 is 0 Å². The average molecular weight is 280 g/mol. The highest BCUT2D eigenvalue weighted by molar-refractivity contribution is 6.31. The Morgan fingerprint density at radius 1 is 1.26 bits per heavy atom. The molecule has 0 bridgehead atoms. The minimum atomic E-state index is 0.0585. The van der Waals surface area contributed by atoms with Crippen molar-refractivity contribution < 1.29 is 9.15 Å². The molecule has 102 valence electrons. The van der Waals surface area contributed by atoms with Gasteiger partial charge in [-0.1, -0.05) is 11.6 Å². The number of nitrogens with one attached hydrogen (secondary N) is 1. The van der Waals surface area contributed by atoms with E-state index in [-0.39, 0.29) is 6.04 Å². The number of ether oxygens (including phenoxy) is 1. The number of methoxy groups -OCH3 is 1. The Bertz CT molecular complexity index is 578. The van der Waals surface area contributed by atoms with E-state index in [1.54, 1.807) is 7.11 Å². The van der Waals surface area contributed by atoms with Crippen LogP contribution in [-0.4, -0.2) is 7.11 Å². The molecule has 0 fully saturated rings. The van der Waals surface area contributed by atoms with Crippen LogP contribution in [0, 0.1) is 13.8 Å². The van der Waals surface area contributed by atoms with Gasteiger partial charge in [0.15, 0.2) is 0 Å². The van der Waals surface area contributed by atoms with Crippen molar-refractivity contribution in [1.82, 2.24) is 0 Å².